The summed E-state index contributed by atoms with van der Waals surface area (Å²) in [5.74, 6) is -3.67. The fraction of sp³-hybridized carbons (Fsp3) is 0.767. The smallest absolute Gasteiger partial charge is 0.368 e. The van der Waals surface area contributed by atoms with Crippen LogP contribution in [0, 0.1) is 24.7 Å². The molecule has 1 aliphatic rings. The van der Waals surface area contributed by atoms with Crippen molar-refractivity contribution in [1.29, 1.82) is 0 Å². The van der Waals surface area contributed by atoms with Crippen molar-refractivity contribution in [2.45, 2.75) is 130 Å². The second-order valence-corrected chi connectivity index (χ2v) is 11.9. The van der Waals surface area contributed by atoms with Gasteiger partial charge in [0.2, 0.25) is 5.78 Å². The highest BCUT2D eigenvalue weighted by Crippen LogP contribution is 2.40. The Labute approximate surface area is 215 Å². The van der Waals surface area contributed by atoms with Crippen LogP contribution < -0.4 is 4.74 Å². The van der Waals surface area contributed by atoms with Gasteiger partial charge in [-0.1, -0.05) is 72.6 Å². The van der Waals surface area contributed by atoms with Crippen molar-refractivity contribution >= 4 is 5.78 Å². The van der Waals surface area contributed by atoms with Crippen molar-refractivity contribution < 1.29 is 27.1 Å². The van der Waals surface area contributed by atoms with E-state index in [0.717, 1.165) is 31.1 Å². The standard InChI is InChI=1S/C30H46F4O2/c1-20(2)10-7-11-21(3)12-8-13-22(4)14-9-16-29(6)17-15-24-19-25(18-23(5)26(24)36-29)27(35)30(33,34)28(31)32/h18-22,28H,7-17H2,1-6H3/t21-,22-,29-/m1/s1. The molecule has 1 heterocycles. The monoisotopic (exact) mass is 514 g/mol. The lowest BCUT2D eigenvalue weighted by molar-refractivity contribution is -0.0958. The third-order valence-electron chi connectivity index (χ3n) is 7.74. The Bertz CT molecular complexity index is 852. The van der Waals surface area contributed by atoms with Gasteiger partial charge in [-0.2, -0.15) is 8.78 Å². The Morgan fingerprint density at radius 1 is 0.972 bits per heavy atom. The summed E-state index contributed by atoms with van der Waals surface area (Å²) in [5.41, 5.74) is 0.423. The van der Waals surface area contributed by atoms with E-state index in [1.165, 1.54) is 50.7 Å². The van der Waals surface area contributed by atoms with Crippen LogP contribution in [0.25, 0.3) is 0 Å². The second-order valence-electron chi connectivity index (χ2n) is 11.9. The molecule has 0 saturated carbocycles. The first-order valence-corrected chi connectivity index (χ1v) is 13.8. The largest absolute Gasteiger partial charge is 0.487 e. The maximum Gasteiger partial charge on any atom is 0.368 e. The quantitative estimate of drug-likeness (QED) is 0.172. The number of carbonyl (C=O) groups excluding carboxylic acids is 1. The minimum absolute atomic E-state index is 0.360. The molecular formula is C30H46F4O2. The number of hydrogen-bond acceptors (Lipinski definition) is 2. The number of halogens is 4. The molecule has 1 aliphatic heterocycles. The minimum atomic E-state index is -4.69. The van der Waals surface area contributed by atoms with E-state index >= 15 is 0 Å². The number of carbonyl (C=O) groups is 1. The molecule has 206 valence electrons. The number of aryl methyl sites for hydroxylation is 2. The van der Waals surface area contributed by atoms with Crippen LogP contribution in [0.15, 0.2) is 12.1 Å². The lowest BCUT2D eigenvalue weighted by Crippen LogP contribution is -2.38. The van der Waals surface area contributed by atoms with E-state index in [2.05, 4.69) is 34.6 Å². The van der Waals surface area contributed by atoms with E-state index in [0.29, 0.717) is 35.6 Å². The summed E-state index contributed by atoms with van der Waals surface area (Å²) in [4.78, 5) is 12.0. The van der Waals surface area contributed by atoms with Crippen LogP contribution in [0.3, 0.4) is 0 Å². The molecular weight excluding hydrogens is 468 g/mol. The Kier molecular flexibility index (Phi) is 11.3. The van der Waals surface area contributed by atoms with E-state index in [4.69, 9.17) is 4.74 Å². The molecule has 0 aromatic heterocycles. The molecule has 0 amide bonds. The number of ketones is 1. The van der Waals surface area contributed by atoms with Gasteiger partial charge >= 0.3 is 12.3 Å². The van der Waals surface area contributed by atoms with Gasteiger partial charge in [-0.3, -0.25) is 4.79 Å². The predicted molar refractivity (Wildman–Crippen MR) is 139 cm³/mol. The first kappa shape index (κ1) is 30.6. The maximum atomic E-state index is 13.6. The number of Topliss-reactive ketones (excluding diaryl/α,β-unsaturated/α-hetero) is 1. The first-order valence-electron chi connectivity index (χ1n) is 13.8. The van der Waals surface area contributed by atoms with Gasteiger partial charge in [0.05, 0.1) is 0 Å². The molecule has 2 nitrogen and oxygen atoms in total. The van der Waals surface area contributed by atoms with Gasteiger partial charge in [-0.15, -0.1) is 0 Å². The van der Waals surface area contributed by atoms with Gasteiger partial charge in [-0.25, -0.2) is 8.78 Å². The van der Waals surface area contributed by atoms with Crippen LogP contribution in [-0.2, 0) is 6.42 Å². The van der Waals surface area contributed by atoms with Gasteiger partial charge in [0, 0.05) is 5.56 Å². The van der Waals surface area contributed by atoms with Crippen LogP contribution in [-0.4, -0.2) is 23.7 Å². The van der Waals surface area contributed by atoms with E-state index in [-0.39, 0.29) is 11.2 Å². The van der Waals surface area contributed by atoms with Crippen molar-refractivity contribution in [3.8, 4) is 5.75 Å². The minimum Gasteiger partial charge on any atom is -0.487 e. The molecule has 0 fully saturated rings. The molecule has 0 unspecified atom stereocenters. The Balaban J connectivity index is 1.82. The summed E-state index contributed by atoms with van der Waals surface area (Å²) >= 11 is 0. The highest BCUT2D eigenvalue weighted by Gasteiger charge is 2.49. The molecule has 0 saturated heterocycles. The van der Waals surface area contributed by atoms with Gasteiger partial charge in [-0.05, 0) is 80.5 Å². The molecule has 6 heteroatoms. The van der Waals surface area contributed by atoms with Crippen molar-refractivity contribution in [1.82, 2.24) is 0 Å². The fourth-order valence-electron chi connectivity index (χ4n) is 5.28. The highest BCUT2D eigenvalue weighted by molar-refractivity contribution is 6.02. The predicted octanol–water partition coefficient (Wildman–Crippen LogP) is 9.60. The average molecular weight is 515 g/mol. The molecule has 0 spiro atoms. The summed E-state index contributed by atoms with van der Waals surface area (Å²) in [6.07, 6.45) is 8.12. The SMILES string of the molecule is Cc1cc(C(=O)C(F)(F)C(F)F)cc2c1O[C@](C)(CCC[C@H](C)CCC[C@H](C)CCCC(C)C)CC2. The summed E-state index contributed by atoms with van der Waals surface area (Å²) in [6, 6.07) is 2.54. The molecule has 36 heavy (non-hydrogen) atoms. The number of hydrogen-bond donors (Lipinski definition) is 0. The van der Waals surface area contributed by atoms with Gasteiger partial charge < -0.3 is 4.74 Å². The number of ether oxygens (including phenoxy) is 1. The molecule has 2 rings (SSSR count). The Hall–Kier alpha value is -1.59. The Morgan fingerprint density at radius 2 is 1.53 bits per heavy atom. The zero-order chi connectivity index (χ0) is 27.1. The number of alkyl halides is 4. The van der Waals surface area contributed by atoms with E-state index < -0.39 is 18.1 Å². The zero-order valence-corrected chi connectivity index (χ0v) is 23.1. The Morgan fingerprint density at radius 3 is 2.08 bits per heavy atom. The summed E-state index contributed by atoms with van der Waals surface area (Å²) in [5, 5.41) is 0. The maximum absolute atomic E-state index is 13.6. The second kappa shape index (κ2) is 13.3. The van der Waals surface area contributed by atoms with Crippen molar-refractivity contribution in [2.24, 2.45) is 17.8 Å². The third kappa shape index (κ3) is 8.76. The summed E-state index contributed by atoms with van der Waals surface area (Å²) < 4.78 is 58.8. The van der Waals surface area contributed by atoms with E-state index in [1.807, 2.05) is 0 Å². The number of rotatable bonds is 15. The van der Waals surface area contributed by atoms with E-state index in [1.54, 1.807) is 6.92 Å². The number of fused-ring (bicyclic) bond motifs is 1. The lowest BCUT2D eigenvalue weighted by atomic mass is 9.85. The van der Waals surface area contributed by atoms with Crippen LogP contribution in [0.1, 0.15) is 120 Å². The van der Waals surface area contributed by atoms with Crippen LogP contribution in [0.4, 0.5) is 17.6 Å². The van der Waals surface area contributed by atoms with Crippen LogP contribution >= 0.6 is 0 Å². The molecule has 0 aliphatic carbocycles. The van der Waals surface area contributed by atoms with E-state index in [9.17, 15) is 22.4 Å². The fourth-order valence-corrected chi connectivity index (χ4v) is 5.28. The summed E-state index contributed by atoms with van der Waals surface area (Å²) in [6.45, 7) is 13.0. The topological polar surface area (TPSA) is 26.3 Å². The lowest BCUT2D eigenvalue weighted by Gasteiger charge is -2.37. The molecule has 1 aromatic rings. The first-order chi connectivity index (χ1) is 16.7. The molecule has 0 radical (unpaired) electrons. The van der Waals surface area contributed by atoms with Gasteiger partial charge in [0.1, 0.15) is 11.4 Å². The van der Waals surface area contributed by atoms with Gasteiger partial charge in [0.15, 0.2) is 0 Å². The molecule has 3 atom stereocenters. The zero-order valence-electron chi connectivity index (χ0n) is 23.1. The van der Waals surface area contributed by atoms with Gasteiger partial charge in [0.25, 0.3) is 0 Å². The molecule has 0 N–H and O–H groups in total. The normalized spacial score (nSPS) is 19.8. The van der Waals surface area contributed by atoms with Crippen LogP contribution in [0.2, 0.25) is 0 Å². The average Bonchev–Trinajstić information content (AvgIpc) is 2.78. The highest BCUT2D eigenvalue weighted by atomic mass is 19.3. The van der Waals surface area contributed by atoms with Crippen molar-refractivity contribution in [3.05, 3.63) is 28.8 Å². The number of benzene rings is 1. The third-order valence-corrected chi connectivity index (χ3v) is 7.74. The van der Waals surface area contributed by atoms with Crippen molar-refractivity contribution in [2.75, 3.05) is 0 Å². The molecule has 1 aromatic carbocycles. The molecule has 0 bridgehead atoms. The summed E-state index contributed by atoms with van der Waals surface area (Å²) in [7, 11) is 0. The van der Waals surface area contributed by atoms with Crippen molar-refractivity contribution in [3.63, 3.8) is 0 Å². The van der Waals surface area contributed by atoms with Crippen LogP contribution in [0.5, 0.6) is 5.75 Å².